The summed E-state index contributed by atoms with van der Waals surface area (Å²) in [6.07, 6.45) is 1.89. The van der Waals surface area contributed by atoms with Crippen molar-refractivity contribution in [1.82, 2.24) is 4.90 Å². The molecule has 0 aliphatic heterocycles. The molecule has 0 aromatic heterocycles. The summed E-state index contributed by atoms with van der Waals surface area (Å²) in [5.41, 5.74) is 0.411. The van der Waals surface area contributed by atoms with Crippen LogP contribution in [0, 0.1) is 5.82 Å². The Balaban J connectivity index is 2.64. The van der Waals surface area contributed by atoms with Gasteiger partial charge in [0.15, 0.2) is 11.6 Å². The molecule has 5 heteroatoms. The largest absolute Gasteiger partial charge is 0.491 e. The normalized spacial score (nSPS) is 10.0. The molecular formula is C13H19FN2O2. The Labute approximate surface area is 107 Å². The van der Waals surface area contributed by atoms with Crippen molar-refractivity contribution in [2.24, 2.45) is 0 Å². The van der Waals surface area contributed by atoms with Gasteiger partial charge >= 0.3 is 6.03 Å². The molecule has 0 spiro atoms. The van der Waals surface area contributed by atoms with E-state index < -0.39 is 5.82 Å². The van der Waals surface area contributed by atoms with E-state index in [1.165, 1.54) is 17.0 Å². The number of halogens is 1. The monoisotopic (exact) mass is 254 g/mol. The Morgan fingerprint density at radius 2 is 2.17 bits per heavy atom. The van der Waals surface area contributed by atoms with Gasteiger partial charge in [-0.1, -0.05) is 13.3 Å². The summed E-state index contributed by atoms with van der Waals surface area (Å²) >= 11 is 0. The molecule has 4 nitrogen and oxygen atoms in total. The molecule has 1 aromatic carbocycles. The van der Waals surface area contributed by atoms with Crippen LogP contribution in [0.3, 0.4) is 0 Å². The van der Waals surface area contributed by atoms with Crippen LogP contribution in [0.15, 0.2) is 18.2 Å². The second kappa shape index (κ2) is 6.83. The summed E-state index contributed by atoms with van der Waals surface area (Å²) in [5.74, 6) is -0.256. The van der Waals surface area contributed by atoms with E-state index in [1.54, 1.807) is 20.2 Å². The van der Waals surface area contributed by atoms with Gasteiger partial charge in [0.2, 0.25) is 0 Å². The number of anilines is 1. The molecule has 0 saturated heterocycles. The maximum Gasteiger partial charge on any atom is 0.321 e. The molecule has 0 unspecified atom stereocenters. The van der Waals surface area contributed by atoms with E-state index in [0.29, 0.717) is 12.3 Å². The first-order valence-corrected chi connectivity index (χ1v) is 5.95. The Hall–Kier alpha value is -1.78. The number of urea groups is 1. The number of nitrogens with zero attached hydrogens (tertiary/aromatic N) is 1. The minimum Gasteiger partial charge on any atom is -0.491 e. The molecule has 0 bridgehead atoms. The van der Waals surface area contributed by atoms with Crippen LogP contribution in [0.2, 0.25) is 0 Å². The minimum atomic E-state index is -0.470. The van der Waals surface area contributed by atoms with E-state index in [0.717, 1.165) is 12.8 Å². The fourth-order valence-corrected chi connectivity index (χ4v) is 1.26. The van der Waals surface area contributed by atoms with Crippen LogP contribution >= 0.6 is 0 Å². The molecular weight excluding hydrogens is 235 g/mol. The van der Waals surface area contributed by atoms with Crippen LogP contribution < -0.4 is 10.1 Å². The van der Waals surface area contributed by atoms with Gasteiger partial charge < -0.3 is 15.0 Å². The van der Waals surface area contributed by atoms with E-state index in [1.807, 2.05) is 6.92 Å². The van der Waals surface area contributed by atoms with Gasteiger partial charge in [-0.25, -0.2) is 9.18 Å². The highest BCUT2D eigenvalue weighted by atomic mass is 19.1. The SMILES string of the molecule is CCCCOc1ccc(NC(=O)N(C)C)cc1F. The quantitative estimate of drug-likeness (QED) is 0.820. The number of nitrogens with one attached hydrogen (secondary N) is 1. The maximum atomic E-state index is 13.6. The van der Waals surface area contributed by atoms with Crippen LogP contribution in [0.25, 0.3) is 0 Å². The molecule has 100 valence electrons. The van der Waals surface area contributed by atoms with E-state index >= 15 is 0 Å². The maximum absolute atomic E-state index is 13.6. The van der Waals surface area contributed by atoms with Crippen LogP contribution in [0.4, 0.5) is 14.9 Å². The highest BCUT2D eigenvalue weighted by Crippen LogP contribution is 2.21. The number of hydrogen-bond acceptors (Lipinski definition) is 2. The van der Waals surface area contributed by atoms with Crippen LogP contribution in [-0.2, 0) is 0 Å². The van der Waals surface area contributed by atoms with Crippen molar-refractivity contribution in [3.63, 3.8) is 0 Å². The summed E-state index contributed by atoms with van der Waals surface area (Å²) in [4.78, 5) is 12.8. The lowest BCUT2D eigenvalue weighted by Gasteiger charge is -2.13. The summed E-state index contributed by atoms with van der Waals surface area (Å²) in [7, 11) is 3.24. The third kappa shape index (κ3) is 4.24. The zero-order chi connectivity index (χ0) is 13.5. The molecule has 1 rings (SSSR count). The predicted molar refractivity (Wildman–Crippen MR) is 69.5 cm³/mol. The summed E-state index contributed by atoms with van der Waals surface area (Å²) < 4.78 is 18.9. The van der Waals surface area contributed by atoms with Gasteiger partial charge in [-0.3, -0.25) is 0 Å². The van der Waals surface area contributed by atoms with Crippen molar-refractivity contribution in [3.05, 3.63) is 24.0 Å². The number of unbranched alkanes of at least 4 members (excludes halogenated alkanes) is 1. The lowest BCUT2D eigenvalue weighted by atomic mass is 10.3. The molecule has 0 atom stereocenters. The molecule has 2 amide bonds. The number of rotatable bonds is 5. The predicted octanol–water partition coefficient (Wildman–Crippen LogP) is 3.10. The smallest absolute Gasteiger partial charge is 0.321 e. The second-order valence-corrected chi connectivity index (χ2v) is 4.17. The number of benzene rings is 1. The molecule has 0 heterocycles. The molecule has 1 aromatic rings. The van der Waals surface area contributed by atoms with Crippen molar-refractivity contribution in [3.8, 4) is 5.75 Å². The first-order valence-electron chi connectivity index (χ1n) is 5.95. The van der Waals surface area contributed by atoms with Crippen molar-refractivity contribution in [1.29, 1.82) is 0 Å². The Bertz CT molecular complexity index is 408. The third-order valence-corrected chi connectivity index (χ3v) is 2.34. The minimum absolute atomic E-state index is 0.214. The van der Waals surface area contributed by atoms with Gasteiger partial charge in [-0.2, -0.15) is 0 Å². The zero-order valence-electron chi connectivity index (χ0n) is 11.0. The van der Waals surface area contributed by atoms with Gasteiger partial charge in [0, 0.05) is 25.8 Å². The van der Waals surface area contributed by atoms with E-state index in [-0.39, 0.29) is 11.8 Å². The first-order chi connectivity index (χ1) is 8.54. The highest BCUT2D eigenvalue weighted by molar-refractivity contribution is 5.88. The fraction of sp³-hybridized carbons (Fsp3) is 0.462. The molecule has 0 radical (unpaired) electrons. The van der Waals surface area contributed by atoms with Crippen molar-refractivity contribution in [2.45, 2.75) is 19.8 Å². The molecule has 18 heavy (non-hydrogen) atoms. The molecule has 0 saturated carbocycles. The number of ether oxygens (including phenoxy) is 1. The highest BCUT2D eigenvalue weighted by Gasteiger charge is 2.08. The van der Waals surface area contributed by atoms with Crippen molar-refractivity contribution >= 4 is 11.7 Å². The molecule has 0 aliphatic rings. The first kappa shape index (κ1) is 14.3. The number of carbonyl (C=O) groups excluding carboxylic acids is 1. The van der Waals surface area contributed by atoms with Gasteiger partial charge in [-0.15, -0.1) is 0 Å². The summed E-state index contributed by atoms with van der Waals surface area (Å²) in [6.45, 7) is 2.54. The molecule has 0 fully saturated rings. The Morgan fingerprint density at radius 1 is 1.44 bits per heavy atom. The molecule has 0 aliphatic carbocycles. The Morgan fingerprint density at radius 3 is 2.72 bits per heavy atom. The van der Waals surface area contributed by atoms with Gasteiger partial charge in [0.1, 0.15) is 0 Å². The van der Waals surface area contributed by atoms with E-state index in [9.17, 15) is 9.18 Å². The van der Waals surface area contributed by atoms with Gasteiger partial charge in [0.05, 0.1) is 6.61 Å². The van der Waals surface area contributed by atoms with Crippen LogP contribution in [-0.4, -0.2) is 31.6 Å². The van der Waals surface area contributed by atoms with Crippen molar-refractivity contribution < 1.29 is 13.9 Å². The summed E-state index contributed by atoms with van der Waals surface area (Å²) in [6, 6.07) is 4.10. The van der Waals surface area contributed by atoms with Crippen LogP contribution in [0.1, 0.15) is 19.8 Å². The fourth-order valence-electron chi connectivity index (χ4n) is 1.26. The van der Waals surface area contributed by atoms with Gasteiger partial charge in [0.25, 0.3) is 0 Å². The van der Waals surface area contributed by atoms with Crippen LogP contribution in [0.5, 0.6) is 5.75 Å². The third-order valence-electron chi connectivity index (χ3n) is 2.34. The number of carbonyl (C=O) groups is 1. The lowest BCUT2D eigenvalue weighted by Crippen LogP contribution is -2.27. The topological polar surface area (TPSA) is 41.6 Å². The average molecular weight is 254 g/mol. The standard InChI is InChI=1S/C13H19FN2O2/c1-4-5-8-18-12-7-6-10(9-11(12)14)15-13(17)16(2)3/h6-7,9H,4-5,8H2,1-3H3,(H,15,17). The number of hydrogen-bond donors (Lipinski definition) is 1. The van der Waals surface area contributed by atoms with Gasteiger partial charge in [-0.05, 0) is 18.6 Å². The zero-order valence-corrected chi connectivity index (χ0v) is 11.0. The van der Waals surface area contributed by atoms with E-state index in [4.69, 9.17) is 4.74 Å². The summed E-state index contributed by atoms with van der Waals surface area (Å²) in [5, 5.41) is 2.57. The Kier molecular flexibility index (Phi) is 5.42. The number of amides is 2. The molecule has 1 N–H and O–H groups in total. The van der Waals surface area contributed by atoms with E-state index in [2.05, 4.69) is 5.32 Å². The average Bonchev–Trinajstić information content (AvgIpc) is 2.32. The lowest BCUT2D eigenvalue weighted by molar-refractivity contribution is 0.230. The van der Waals surface area contributed by atoms with Crippen molar-refractivity contribution in [2.75, 3.05) is 26.0 Å². The second-order valence-electron chi connectivity index (χ2n) is 4.17.